The SMILES string of the molecule is O=c1[nH]c(O)c(C=NCc2ccccc2Cn2cccn2)c2ccccc12. The van der Waals surface area contributed by atoms with Crippen LogP contribution < -0.4 is 5.56 Å². The molecule has 0 aliphatic heterocycles. The summed E-state index contributed by atoms with van der Waals surface area (Å²) in [6.07, 6.45) is 5.29. The van der Waals surface area contributed by atoms with Crippen LogP contribution in [0.3, 0.4) is 0 Å². The minimum atomic E-state index is -0.315. The highest BCUT2D eigenvalue weighted by Crippen LogP contribution is 2.20. The molecule has 0 aliphatic rings. The van der Waals surface area contributed by atoms with Crippen molar-refractivity contribution in [1.82, 2.24) is 14.8 Å². The molecule has 0 fully saturated rings. The van der Waals surface area contributed by atoms with Crippen molar-refractivity contribution in [2.45, 2.75) is 13.1 Å². The number of fused-ring (bicyclic) bond motifs is 1. The minimum absolute atomic E-state index is 0.174. The number of rotatable bonds is 5. The Hall–Kier alpha value is -3.67. The number of benzene rings is 2. The van der Waals surface area contributed by atoms with Crippen molar-refractivity contribution >= 4 is 17.0 Å². The van der Waals surface area contributed by atoms with E-state index in [-0.39, 0.29) is 11.4 Å². The van der Waals surface area contributed by atoms with Gasteiger partial charge in [-0.25, -0.2) is 0 Å². The molecule has 4 aromatic rings. The molecular formula is C21H18N4O2. The van der Waals surface area contributed by atoms with E-state index < -0.39 is 0 Å². The number of pyridine rings is 1. The second-order valence-corrected chi connectivity index (χ2v) is 6.20. The normalized spacial score (nSPS) is 11.4. The minimum Gasteiger partial charge on any atom is -0.494 e. The number of aromatic amines is 1. The topological polar surface area (TPSA) is 83.3 Å². The Morgan fingerprint density at radius 3 is 2.56 bits per heavy atom. The number of aromatic nitrogens is 3. The van der Waals surface area contributed by atoms with Crippen molar-refractivity contribution in [1.29, 1.82) is 0 Å². The molecule has 4 rings (SSSR count). The van der Waals surface area contributed by atoms with Gasteiger partial charge in [0.15, 0.2) is 0 Å². The summed E-state index contributed by atoms with van der Waals surface area (Å²) in [6.45, 7) is 1.13. The van der Waals surface area contributed by atoms with E-state index in [1.807, 2.05) is 41.2 Å². The van der Waals surface area contributed by atoms with Crippen molar-refractivity contribution in [3.05, 3.63) is 94.0 Å². The molecule has 2 heterocycles. The Morgan fingerprint density at radius 1 is 1.04 bits per heavy atom. The Balaban J connectivity index is 1.63. The predicted molar refractivity (Wildman–Crippen MR) is 105 cm³/mol. The Labute approximate surface area is 155 Å². The van der Waals surface area contributed by atoms with E-state index in [1.54, 1.807) is 30.6 Å². The Bertz CT molecular complexity index is 1160. The maximum absolute atomic E-state index is 12.0. The summed E-state index contributed by atoms with van der Waals surface area (Å²) in [6, 6.07) is 17.1. The van der Waals surface area contributed by atoms with E-state index in [0.717, 1.165) is 11.1 Å². The average Bonchev–Trinajstić information content (AvgIpc) is 3.19. The molecule has 0 amide bonds. The summed E-state index contributed by atoms with van der Waals surface area (Å²) in [5, 5.41) is 15.6. The molecule has 0 unspecified atom stereocenters. The number of nitrogens with one attached hydrogen (secondary N) is 1. The molecular weight excluding hydrogens is 340 g/mol. The monoisotopic (exact) mass is 358 g/mol. The first-order chi connectivity index (χ1) is 13.2. The first-order valence-electron chi connectivity index (χ1n) is 8.60. The Morgan fingerprint density at radius 2 is 1.78 bits per heavy atom. The fraction of sp³-hybridized carbons (Fsp3) is 0.0952. The highest BCUT2D eigenvalue weighted by molar-refractivity contribution is 6.01. The highest BCUT2D eigenvalue weighted by Gasteiger charge is 2.08. The molecule has 0 saturated heterocycles. The van der Waals surface area contributed by atoms with Crippen molar-refractivity contribution in [3.63, 3.8) is 0 Å². The molecule has 0 radical (unpaired) electrons. The van der Waals surface area contributed by atoms with Crippen molar-refractivity contribution in [3.8, 4) is 5.88 Å². The van der Waals surface area contributed by atoms with Gasteiger partial charge in [0.2, 0.25) is 5.88 Å². The maximum atomic E-state index is 12.0. The number of H-pyrrole nitrogens is 1. The standard InChI is InChI=1S/C21H18N4O2/c26-20-18-9-4-3-8-17(18)19(21(27)24-20)13-22-12-15-6-1-2-7-16(15)14-25-11-5-10-23-25/h1-11,13H,12,14H2,(H2,24,26,27). The maximum Gasteiger partial charge on any atom is 0.258 e. The predicted octanol–water partition coefficient (Wildman–Crippen LogP) is 3.10. The van der Waals surface area contributed by atoms with Crippen LogP contribution in [-0.2, 0) is 13.1 Å². The van der Waals surface area contributed by atoms with E-state index in [9.17, 15) is 9.90 Å². The summed E-state index contributed by atoms with van der Waals surface area (Å²) in [5.74, 6) is -0.174. The van der Waals surface area contributed by atoms with Crippen molar-refractivity contribution < 1.29 is 5.11 Å². The second-order valence-electron chi connectivity index (χ2n) is 6.20. The summed E-state index contributed by atoms with van der Waals surface area (Å²) < 4.78 is 1.86. The molecule has 6 nitrogen and oxygen atoms in total. The van der Waals surface area contributed by atoms with Crippen LogP contribution in [-0.4, -0.2) is 26.1 Å². The van der Waals surface area contributed by atoms with Crippen LogP contribution in [0.15, 0.2) is 76.8 Å². The van der Waals surface area contributed by atoms with Gasteiger partial charge in [-0.2, -0.15) is 5.10 Å². The number of nitrogens with zero attached hydrogens (tertiary/aromatic N) is 3. The van der Waals surface area contributed by atoms with E-state index >= 15 is 0 Å². The lowest BCUT2D eigenvalue weighted by Crippen LogP contribution is -2.08. The lowest BCUT2D eigenvalue weighted by Gasteiger charge is -2.08. The fourth-order valence-corrected chi connectivity index (χ4v) is 3.09. The molecule has 0 saturated carbocycles. The van der Waals surface area contributed by atoms with Gasteiger partial charge in [0.05, 0.1) is 18.7 Å². The van der Waals surface area contributed by atoms with E-state index in [0.29, 0.717) is 29.4 Å². The summed E-state index contributed by atoms with van der Waals surface area (Å²) in [5.41, 5.74) is 2.41. The molecule has 27 heavy (non-hydrogen) atoms. The highest BCUT2D eigenvalue weighted by atomic mass is 16.3. The molecule has 0 spiro atoms. The van der Waals surface area contributed by atoms with E-state index in [1.165, 1.54) is 0 Å². The van der Waals surface area contributed by atoms with Crippen molar-refractivity contribution in [2.75, 3.05) is 0 Å². The summed E-state index contributed by atoms with van der Waals surface area (Å²) in [4.78, 5) is 18.9. The molecule has 2 N–H and O–H groups in total. The van der Waals surface area contributed by atoms with E-state index in [2.05, 4.69) is 21.1 Å². The third-order valence-corrected chi connectivity index (χ3v) is 4.44. The molecule has 0 atom stereocenters. The zero-order valence-electron chi connectivity index (χ0n) is 14.5. The van der Waals surface area contributed by atoms with Gasteiger partial charge in [0.1, 0.15) is 0 Å². The summed E-state index contributed by atoms with van der Waals surface area (Å²) in [7, 11) is 0. The molecule has 6 heteroatoms. The number of hydrogen-bond donors (Lipinski definition) is 2. The first-order valence-corrected chi connectivity index (χ1v) is 8.60. The van der Waals surface area contributed by atoms with Crippen LogP contribution in [0.25, 0.3) is 10.8 Å². The first kappa shape index (κ1) is 16.8. The molecule has 2 aromatic heterocycles. The third kappa shape index (κ3) is 3.50. The molecule has 0 aliphatic carbocycles. The molecule has 0 bridgehead atoms. The van der Waals surface area contributed by atoms with Gasteiger partial charge in [-0.1, -0.05) is 42.5 Å². The van der Waals surface area contributed by atoms with Crippen LogP contribution in [0.4, 0.5) is 0 Å². The molecule has 134 valence electrons. The second kappa shape index (κ2) is 7.29. The average molecular weight is 358 g/mol. The van der Waals surface area contributed by atoms with E-state index in [4.69, 9.17) is 0 Å². The summed E-state index contributed by atoms with van der Waals surface area (Å²) >= 11 is 0. The number of hydrogen-bond acceptors (Lipinski definition) is 4. The zero-order chi connectivity index (χ0) is 18.6. The van der Waals surface area contributed by atoms with Crippen molar-refractivity contribution in [2.24, 2.45) is 4.99 Å². The van der Waals surface area contributed by atoms with Crippen LogP contribution in [0.1, 0.15) is 16.7 Å². The lowest BCUT2D eigenvalue weighted by molar-refractivity contribution is 0.452. The van der Waals surface area contributed by atoms with Gasteiger partial charge in [-0.05, 0) is 23.3 Å². The zero-order valence-corrected chi connectivity index (χ0v) is 14.5. The smallest absolute Gasteiger partial charge is 0.258 e. The lowest BCUT2D eigenvalue weighted by atomic mass is 10.1. The van der Waals surface area contributed by atoms with Crippen LogP contribution in [0.2, 0.25) is 0 Å². The largest absolute Gasteiger partial charge is 0.494 e. The van der Waals surface area contributed by atoms with Gasteiger partial charge < -0.3 is 5.11 Å². The molecule has 2 aromatic carbocycles. The van der Waals surface area contributed by atoms with Gasteiger partial charge >= 0.3 is 0 Å². The van der Waals surface area contributed by atoms with Gasteiger partial charge in [-0.3, -0.25) is 19.5 Å². The van der Waals surface area contributed by atoms with Gasteiger partial charge in [0.25, 0.3) is 5.56 Å². The van der Waals surface area contributed by atoms with Gasteiger partial charge in [-0.15, -0.1) is 0 Å². The van der Waals surface area contributed by atoms with Crippen LogP contribution >= 0.6 is 0 Å². The quantitative estimate of drug-likeness (QED) is 0.538. The number of aliphatic imine (C=N–C) groups is 1. The number of aromatic hydroxyl groups is 1. The van der Waals surface area contributed by atoms with Gasteiger partial charge in [0, 0.05) is 29.4 Å². The van der Waals surface area contributed by atoms with Crippen LogP contribution in [0, 0.1) is 0 Å². The van der Waals surface area contributed by atoms with Crippen LogP contribution in [0.5, 0.6) is 5.88 Å². The Kier molecular flexibility index (Phi) is 4.53. The third-order valence-electron chi connectivity index (χ3n) is 4.44. The fourth-order valence-electron chi connectivity index (χ4n) is 3.09.